The maximum atomic E-state index is 12.5. The molecule has 7 nitrogen and oxygen atoms in total. The predicted octanol–water partition coefficient (Wildman–Crippen LogP) is 3.45. The lowest BCUT2D eigenvalue weighted by atomic mass is 10.2. The van der Waals surface area contributed by atoms with Crippen molar-refractivity contribution in [2.75, 3.05) is 38.4 Å². The lowest BCUT2D eigenvalue weighted by molar-refractivity contribution is -0.0439. The van der Waals surface area contributed by atoms with Crippen LogP contribution in [0.3, 0.4) is 0 Å². The second kappa shape index (κ2) is 10.7. The van der Waals surface area contributed by atoms with Crippen LogP contribution in [0, 0.1) is 0 Å². The van der Waals surface area contributed by atoms with E-state index in [9.17, 15) is 4.79 Å². The first-order valence-electron chi connectivity index (χ1n) is 8.89. The van der Waals surface area contributed by atoms with Gasteiger partial charge in [0.1, 0.15) is 16.4 Å². The van der Waals surface area contributed by atoms with Crippen molar-refractivity contribution >= 4 is 35.3 Å². The zero-order valence-corrected chi connectivity index (χ0v) is 17.5. The second-order valence-electron chi connectivity index (χ2n) is 5.89. The Labute approximate surface area is 173 Å². The van der Waals surface area contributed by atoms with Crippen molar-refractivity contribution in [3.8, 4) is 0 Å². The zero-order chi connectivity index (χ0) is 19.8. The summed E-state index contributed by atoms with van der Waals surface area (Å²) in [5.41, 5.74) is 1.51. The van der Waals surface area contributed by atoms with Gasteiger partial charge in [-0.3, -0.25) is 0 Å². The Balaban J connectivity index is 1.80. The van der Waals surface area contributed by atoms with Crippen LogP contribution in [0.1, 0.15) is 22.3 Å². The molecule has 1 saturated heterocycles. The molecule has 0 spiro atoms. The predicted molar refractivity (Wildman–Crippen MR) is 110 cm³/mol. The van der Waals surface area contributed by atoms with Gasteiger partial charge < -0.3 is 19.5 Å². The maximum Gasteiger partial charge on any atom is 0.344 e. The largest absolute Gasteiger partial charge is 0.465 e. The molecule has 0 saturated carbocycles. The number of nitrogens with zero attached hydrogens (tertiary/aromatic N) is 2. The standard InChI is InChI=1S/C19H23N3O4S2/c1-24-18(23)15-16(20-9-8-14-25-10-11-26-14)21-19(27-2)22-17(15)28-12-13-6-4-3-5-7-13/h3-7,14H,8-12H2,1-2H3,(H,20,21,22). The van der Waals surface area contributed by atoms with E-state index < -0.39 is 5.97 Å². The van der Waals surface area contributed by atoms with Crippen molar-refractivity contribution in [1.82, 2.24) is 9.97 Å². The Bertz CT molecular complexity index is 786. The number of thioether (sulfide) groups is 2. The smallest absolute Gasteiger partial charge is 0.344 e. The van der Waals surface area contributed by atoms with Gasteiger partial charge in [-0.1, -0.05) is 42.1 Å². The number of aromatic nitrogens is 2. The molecule has 1 aliphatic heterocycles. The number of nitrogens with one attached hydrogen (secondary N) is 1. The van der Waals surface area contributed by atoms with E-state index >= 15 is 0 Å². The van der Waals surface area contributed by atoms with Crippen molar-refractivity contribution in [1.29, 1.82) is 0 Å². The molecule has 1 aromatic heterocycles. The van der Waals surface area contributed by atoms with E-state index in [0.29, 0.717) is 53.5 Å². The van der Waals surface area contributed by atoms with Gasteiger partial charge in [0.15, 0.2) is 11.4 Å². The number of anilines is 1. The lowest BCUT2D eigenvalue weighted by Gasteiger charge is -2.15. The number of rotatable bonds is 9. The lowest BCUT2D eigenvalue weighted by Crippen LogP contribution is -2.18. The molecule has 2 aromatic rings. The first-order chi connectivity index (χ1) is 13.7. The summed E-state index contributed by atoms with van der Waals surface area (Å²) < 4.78 is 15.9. The summed E-state index contributed by atoms with van der Waals surface area (Å²) in [4.78, 5) is 21.5. The van der Waals surface area contributed by atoms with Crippen LogP contribution >= 0.6 is 23.5 Å². The minimum Gasteiger partial charge on any atom is -0.465 e. The molecule has 9 heteroatoms. The highest BCUT2D eigenvalue weighted by Crippen LogP contribution is 2.31. The van der Waals surface area contributed by atoms with Gasteiger partial charge in [0.2, 0.25) is 0 Å². The minimum absolute atomic E-state index is 0.220. The number of benzene rings is 1. The summed E-state index contributed by atoms with van der Waals surface area (Å²) in [5.74, 6) is 0.706. The molecule has 1 aromatic carbocycles. The van der Waals surface area contributed by atoms with Crippen LogP contribution in [-0.4, -0.2) is 55.4 Å². The highest BCUT2D eigenvalue weighted by Gasteiger charge is 2.23. The number of carbonyl (C=O) groups is 1. The fourth-order valence-corrected chi connectivity index (χ4v) is 4.03. The number of esters is 1. The first kappa shape index (κ1) is 20.9. The average Bonchev–Trinajstić information content (AvgIpc) is 3.25. The van der Waals surface area contributed by atoms with Crippen molar-refractivity contribution in [2.24, 2.45) is 0 Å². The van der Waals surface area contributed by atoms with E-state index in [-0.39, 0.29) is 6.29 Å². The molecule has 0 atom stereocenters. The Kier molecular flexibility index (Phi) is 7.96. The molecule has 0 aliphatic carbocycles. The van der Waals surface area contributed by atoms with Crippen molar-refractivity contribution in [2.45, 2.75) is 28.6 Å². The SMILES string of the molecule is COC(=O)c1c(NCCC2OCCO2)nc(SC)nc1SCc1ccccc1. The molecule has 2 heterocycles. The van der Waals surface area contributed by atoms with Gasteiger partial charge in [0.25, 0.3) is 0 Å². The number of hydrogen-bond acceptors (Lipinski definition) is 9. The van der Waals surface area contributed by atoms with Crippen LogP contribution in [0.25, 0.3) is 0 Å². The van der Waals surface area contributed by atoms with Crippen molar-refractivity contribution < 1.29 is 19.0 Å². The van der Waals surface area contributed by atoms with E-state index in [4.69, 9.17) is 14.2 Å². The third kappa shape index (κ3) is 5.60. The van der Waals surface area contributed by atoms with Gasteiger partial charge in [-0.2, -0.15) is 0 Å². The Hall–Kier alpha value is -1.81. The van der Waals surface area contributed by atoms with Crippen LogP contribution in [0.5, 0.6) is 0 Å². The van der Waals surface area contributed by atoms with E-state index in [0.717, 1.165) is 5.56 Å². The quantitative estimate of drug-likeness (QED) is 0.283. The minimum atomic E-state index is -0.459. The Morgan fingerprint density at radius 2 is 2.00 bits per heavy atom. The summed E-state index contributed by atoms with van der Waals surface area (Å²) in [6, 6.07) is 10.0. The number of methoxy groups -OCH3 is 1. The van der Waals surface area contributed by atoms with Gasteiger partial charge >= 0.3 is 5.97 Å². The first-order valence-corrected chi connectivity index (χ1v) is 11.1. The summed E-state index contributed by atoms with van der Waals surface area (Å²) in [6.07, 6.45) is 2.34. The number of hydrogen-bond donors (Lipinski definition) is 1. The fraction of sp³-hybridized carbons (Fsp3) is 0.421. The number of ether oxygens (including phenoxy) is 3. The molecule has 0 radical (unpaired) electrons. The molecule has 3 rings (SSSR count). The summed E-state index contributed by atoms with van der Waals surface area (Å²) >= 11 is 2.92. The molecule has 28 heavy (non-hydrogen) atoms. The van der Waals surface area contributed by atoms with E-state index in [1.54, 1.807) is 0 Å². The van der Waals surface area contributed by atoms with Crippen LogP contribution < -0.4 is 5.32 Å². The van der Waals surface area contributed by atoms with Crippen LogP contribution in [0.2, 0.25) is 0 Å². The highest BCUT2D eigenvalue weighted by atomic mass is 32.2. The monoisotopic (exact) mass is 421 g/mol. The van der Waals surface area contributed by atoms with Crippen LogP contribution in [0.15, 0.2) is 40.5 Å². The molecule has 0 amide bonds. The van der Waals surface area contributed by atoms with Gasteiger partial charge in [-0.05, 0) is 11.8 Å². The van der Waals surface area contributed by atoms with Crippen molar-refractivity contribution in [3.63, 3.8) is 0 Å². The zero-order valence-electron chi connectivity index (χ0n) is 15.8. The highest BCUT2D eigenvalue weighted by molar-refractivity contribution is 7.99. The average molecular weight is 422 g/mol. The maximum absolute atomic E-state index is 12.5. The van der Waals surface area contributed by atoms with Gasteiger partial charge in [0.05, 0.1) is 20.3 Å². The fourth-order valence-electron chi connectivity index (χ4n) is 2.64. The summed E-state index contributed by atoms with van der Waals surface area (Å²) in [5, 5.41) is 4.43. The normalized spacial score (nSPS) is 14.2. The molecule has 0 unspecified atom stereocenters. The summed E-state index contributed by atoms with van der Waals surface area (Å²) in [6.45, 7) is 1.78. The van der Waals surface area contributed by atoms with Gasteiger partial charge in [-0.25, -0.2) is 14.8 Å². The van der Waals surface area contributed by atoms with Gasteiger partial charge in [-0.15, -0.1) is 11.8 Å². The van der Waals surface area contributed by atoms with E-state index in [2.05, 4.69) is 15.3 Å². The van der Waals surface area contributed by atoms with E-state index in [1.165, 1.54) is 30.6 Å². The molecule has 1 fully saturated rings. The molecular weight excluding hydrogens is 398 g/mol. The van der Waals surface area contributed by atoms with Crippen LogP contribution in [-0.2, 0) is 20.0 Å². The molecule has 150 valence electrons. The second-order valence-corrected chi connectivity index (χ2v) is 7.63. The molecule has 1 N–H and O–H groups in total. The molecular formula is C19H23N3O4S2. The topological polar surface area (TPSA) is 82.6 Å². The molecule has 1 aliphatic rings. The third-order valence-electron chi connectivity index (χ3n) is 4.01. The van der Waals surface area contributed by atoms with Gasteiger partial charge in [0, 0.05) is 18.7 Å². The van der Waals surface area contributed by atoms with E-state index in [1.807, 2.05) is 36.6 Å². The van der Waals surface area contributed by atoms with Crippen molar-refractivity contribution in [3.05, 3.63) is 41.5 Å². The van der Waals surface area contributed by atoms with Crippen LogP contribution in [0.4, 0.5) is 5.82 Å². The Morgan fingerprint density at radius 1 is 1.25 bits per heavy atom. The number of carbonyl (C=O) groups excluding carboxylic acids is 1. The third-order valence-corrected chi connectivity index (χ3v) is 5.60. The molecule has 0 bridgehead atoms. The Morgan fingerprint density at radius 3 is 2.68 bits per heavy atom. The summed E-state index contributed by atoms with van der Waals surface area (Å²) in [7, 11) is 1.36.